The summed E-state index contributed by atoms with van der Waals surface area (Å²) in [6.07, 6.45) is 0.172. The van der Waals surface area contributed by atoms with Crippen molar-refractivity contribution < 1.29 is 19.1 Å². The standard InChI is InChI=1S/C22H26N2O4/c1-15(2)21(24-19(25)13-17-7-5-4-6-8-17)22(27)28-14-20(26)23-18-11-9-16(3)10-12-18/h4-12,15,21H,13-14H2,1-3H3,(H,23,26)(H,24,25). The van der Waals surface area contributed by atoms with E-state index in [0.717, 1.165) is 11.1 Å². The van der Waals surface area contributed by atoms with Gasteiger partial charge in [0.25, 0.3) is 5.91 Å². The summed E-state index contributed by atoms with van der Waals surface area (Å²) in [4.78, 5) is 36.6. The number of esters is 1. The van der Waals surface area contributed by atoms with Crippen LogP contribution in [0.25, 0.3) is 0 Å². The molecule has 0 radical (unpaired) electrons. The summed E-state index contributed by atoms with van der Waals surface area (Å²) in [7, 11) is 0. The molecule has 0 spiro atoms. The first-order valence-corrected chi connectivity index (χ1v) is 9.21. The molecule has 0 aliphatic rings. The number of nitrogens with one attached hydrogen (secondary N) is 2. The molecular formula is C22H26N2O4. The molecule has 0 aromatic heterocycles. The van der Waals surface area contributed by atoms with Crippen molar-refractivity contribution in [2.75, 3.05) is 11.9 Å². The van der Waals surface area contributed by atoms with Crippen LogP contribution < -0.4 is 10.6 Å². The van der Waals surface area contributed by atoms with Gasteiger partial charge < -0.3 is 15.4 Å². The monoisotopic (exact) mass is 382 g/mol. The highest BCUT2D eigenvalue weighted by molar-refractivity contribution is 5.93. The summed E-state index contributed by atoms with van der Waals surface area (Å²) in [6, 6.07) is 15.7. The normalized spacial score (nSPS) is 11.6. The molecule has 6 heteroatoms. The molecule has 0 saturated carbocycles. The molecule has 0 aliphatic carbocycles. The van der Waals surface area contributed by atoms with Crippen molar-refractivity contribution in [2.45, 2.75) is 33.2 Å². The molecule has 1 unspecified atom stereocenters. The molecular weight excluding hydrogens is 356 g/mol. The van der Waals surface area contributed by atoms with Gasteiger partial charge in [0.05, 0.1) is 6.42 Å². The number of anilines is 1. The van der Waals surface area contributed by atoms with Gasteiger partial charge in [-0.25, -0.2) is 4.79 Å². The van der Waals surface area contributed by atoms with E-state index in [9.17, 15) is 14.4 Å². The fourth-order valence-electron chi connectivity index (χ4n) is 2.56. The van der Waals surface area contributed by atoms with E-state index in [1.54, 1.807) is 26.0 Å². The van der Waals surface area contributed by atoms with Crippen LogP contribution in [0.5, 0.6) is 0 Å². The molecule has 2 N–H and O–H groups in total. The van der Waals surface area contributed by atoms with Gasteiger partial charge in [0.1, 0.15) is 6.04 Å². The highest BCUT2D eigenvalue weighted by Crippen LogP contribution is 2.09. The van der Waals surface area contributed by atoms with Crippen molar-refractivity contribution in [3.05, 3.63) is 65.7 Å². The minimum Gasteiger partial charge on any atom is -0.454 e. The van der Waals surface area contributed by atoms with Crippen molar-refractivity contribution in [1.29, 1.82) is 0 Å². The highest BCUT2D eigenvalue weighted by Gasteiger charge is 2.26. The molecule has 148 valence electrons. The zero-order valence-electron chi connectivity index (χ0n) is 16.4. The maximum absolute atomic E-state index is 12.4. The second-order valence-electron chi connectivity index (χ2n) is 6.97. The quantitative estimate of drug-likeness (QED) is 0.688. The van der Waals surface area contributed by atoms with Crippen LogP contribution in [0.4, 0.5) is 5.69 Å². The number of ether oxygens (including phenoxy) is 1. The van der Waals surface area contributed by atoms with Crippen LogP contribution in [-0.2, 0) is 25.5 Å². The Bertz CT molecular complexity index is 801. The van der Waals surface area contributed by atoms with E-state index in [1.165, 1.54) is 0 Å². The lowest BCUT2D eigenvalue weighted by Gasteiger charge is -2.20. The third kappa shape index (κ3) is 6.87. The predicted molar refractivity (Wildman–Crippen MR) is 108 cm³/mol. The van der Waals surface area contributed by atoms with E-state index in [2.05, 4.69) is 10.6 Å². The van der Waals surface area contributed by atoms with Crippen LogP contribution in [0.15, 0.2) is 54.6 Å². The fraction of sp³-hybridized carbons (Fsp3) is 0.318. The van der Waals surface area contributed by atoms with Crippen LogP contribution in [0.1, 0.15) is 25.0 Å². The Morgan fingerprint density at radius 2 is 1.57 bits per heavy atom. The lowest BCUT2D eigenvalue weighted by molar-refractivity contribution is -0.151. The van der Waals surface area contributed by atoms with Gasteiger partial charge in [-0.2, -0.15) is 0 Å². The summed E-state index contributed by atoms with van der Waals surface area (Å²) >= 11 is 0. The Labute approximate surface area is 165 Å². The van der Waals surface area contributed by atoms with Gasteiger partial charge in [0.15, 0.2) is 6.61 Å². The van der Waals surface area contributed by atoms with Crippen LogP contribution >= 0.6 is 0 Å². The fourth-order valence-corrected chi connectivity index (χ4v) is 2.56. The summed E-state index contributed by atoms with van der Waals surface area (Å²) in [5, 5.41) is 5.36. The first-order chi connectivity index (χ1) is 13.3. The minimum absolute atomic E-state index is 0.172. The van der Waals surface area contributed by atoms with Gasteiger partial charge >= 0.3 is 5.97 Å². The summed E-state index contributed by atoms with van der Waals surface area (Å²) in [5.74, 6) is -1.51. The average Bonchev–Trinajstić information content (AvgIpc) is 2.66. The lowest BCUT2D eigenvalue weighted by atomic mass is 10.0. The van der Waals surface area contributed by atoms with Crippen LogP contribution in [0.2, 0.25) is 0 Å². The maximum Gasteiger partial charge on any atom is 0.329 e. The summed E-state index contributed by atoms with van der Waals surface area (Å²) in [6.45, 7) is 5.15. The van der Waals surface area contributed by atoms with E-state index in [1.807, 2.05) is 49.4 Å². The Hall–Kier alpha value is -3.15. The highest BCUT2D eigenvalue weighted by atomic mass is 16.5. The Morgan fingerprint density at radius 3 is 2.18 bits per heavy atom. The largest absolute Gasteiger partial charge is 0.454 e. The van der Waals surface area contributed by atoms with Gasteiger partial charge in [-0.05, 0) is 30.5 Å². The Balaban J connectivity index is 1.85. The zero-order chi connectivity index (χ0) is 20.5. The average molecular weight is 382 g/mol. The van der Waals surface area contributed by atoms with Crippen molar-refractivity contribution >= 4 is 23.5 Å². The molecule has 2 rings (SSSR count). The van der Waals surface area contributed by atoms with Crippen molar-refractivity contribution in [2.24, 2.45) is 5.92 Å². The van der Waals surface area contributed by atoms with Crippen LogP contribution in [0, 0.1) is 12.8 Å². The number of rotatable bonds is 8. The predicted octanol–water partition coefficient (Wildman–Crippen LogP) is 2.86. The molecule has 0 aliphatic heterocycles. The van der Waals surface area contributed by atoms with Gasteiger partial charge in [0, 0.05) is 5.69 Å². The number of aryl methyl sites for hydroxylation is 1. The third-order valence-corrected chi connectivity index (χ3v) is 4.13. The van der Waals surface area contributed by atoms with Gasteiger partial charge in [-0.3, -0.25) is 9.59 Å². The SMILES string of the molecule is Cc1ccc(NC(=O)COC(=O)C(NC(=O)Cc2ccccc2)C(C)C)cc1. The van der Waals surface area contributed by atoms with E-state index in [0.29, 0.717) is 5.69 Å². The lowest BCUT2D eigenvalue weighted by Crippen LogP contribution is -2.46. The van der Waals surface area contributed by atoms with E-state index in [4.69, 9.17) is 4.74 Å². The molecule has 28 heavy (non-hydrogen) atoms. The molecule has 0 fully saturated rings. The van der Waals surface area contributed by atoms with Crippen molar-refractivity contribution in [1.82, 2.24) is 5.32 Å². The smallest absolute Gasteiger partial charge is 0.329 e. The molecule has 0 bridgehead atoms. The molecule has 0 heterocycles. The van der Waals surface area contributed by atoms with Crippen LogP contribution in [0.3, 0.4) is 0 Å². The molecule has 0 saturated heterocycles. The number of hydrogen-bond acceptors (Lipinski definition) is 4. The molecule has 6 nitrogen and oxygen atoms in total. The Kier molecular flexibility index (Phi) is 7.75. The maximum atomic E-state index is 12.4. The minimum atomic E-state index is -0.816. The van der Waals surface area contributed by atoms with Crippen molar-refractivity contribution in [3.8, 4) is 0 Å². The summed E-state index contributed by atoms with van der Waals surface area (Å²) in [5.41, 5.74) is 2.56. The van der Waals surface area contributed by atoms with Gasteiger partial charge in [0.2, 0.25) is 5.91 Å². The second kappa shape index (κ2) is 10.3. The zero-order valence-corrected chi connectivity index (χ0v) is 16.4. The van der Waals surface area contributed by atoms with E-state index >= 15 is 0 Å². The molecule has 1 atom stereocenters. The third-order valence-electron chi connectivity index (χ3n) is 4.13. The number of carbonyl (C=O) groups is 3. The number of carbonyl (C=O) groups excluding carboxylic acids is 3. The number of amides is 2. The number of benzene rings is 2. The topological polar surface area (TPSA) is 84.5 Å². The molecule has 2 amide bonds. The first-order valence-electron chi connectivity index (χ1n) is 9.21. The number of hydrogen-bond donors (Lipinski definition) is 2. The Morgan fingerprint density at radius 1 is 0.929 bits per heavy atom. The van der Waals surface area contributed by atoms with Crippen molar-refractivity contribution in [3.63, 3.8) is 0 Å². The first kappa shape index (κ1) is 21.2. The van der Waals surface area contributed by atoms with Gasteiger partial charge in [-0.1, -0.05) is 61.9 Å². The summed E-state index contributed by atoms with van der Waals surface area (Å²) < 4.78 is 5.11. The molecule has 2 aromatic carbocycles. The van der Waals surface area contributed by atoms with E-state index in [-0.39, 0.29) is 18.2 Å². The molecule has 2 aromatic rings. The van der Waals surface area contributed by atoms with E-state index < -0.39 is 24.5 Å². The van der Waals surface area contributed by atoms with Crippen LogP contribution in [-0.4, -0.2) is 30.4 Å². The second-order valence-corrected chi connectivity index (χ2v) is 6.97. The van der Waals surface area contributed by atoms with Gasteiger partial charge in [-0.15, -0.1) is 0 Å².